The average molecular weight is 286 g/mol. The summed E-state index contributed by atoms with van der Waals surface area (Å²) in [6.07, 6.45) is 1.70. The fourth-order valence-corrected chi connectivity index (χ4v) is 0.158. The second kappa shape index (κ2) is 43.1. The molecule has 0 atom stereocenters. The van der Waals surface area contributed by atoms with Crippen molar-refractivity contribution in [2.75, 3.05) is 19.8 Å². The summed E-state index contributed by atoms with van der Waals surface area (Å²) in [5.41, 5.74) is 0. The number of unbranched alkanes of at least 4 members (excludes halogenated alkanes) is 1. The average Bonchev–Trinajstić information content (AvgIpc) is 2.19. The summed E-state index contributed by atoms with van der Waals surface area (Å²) in [5.74, 6) is 0. The minimum absolute atomic E-state index is 0.167. The molecule has 0 fully saturated rings. The number of aliphatic hydroxyl groups is 5. The van der Waals surface area contributed by atoms with Crippen LogP contribution in [0.4, 0.5) is 0 Å². The van der Waals surface area contributed by atoms with Crippen LogP contribution >= 0.6 is 0 Å². The van der Waals surface area contributed by atoms with Crippen LogP contribution in [0.25, 0.3) is 0 Å². The van der Waals surface area contributed by atoms with E-state index < -0.39 is 0 Å². The fourth-order valence-electron chi connectivity index (χ4n) is 0.158. The highest BCUT2D eigenvalue weighted by atomic mass is 16.3. The molecule has 0 saturated carbocycles. The van der Waals surface area contributed by atoms with Gasteiger partial charge in [0.1, 0.15) is 0 Å². The molecular weight excluding hydrogens is 248 g/mol. The smallest absolute Gasteiger partial charge is 0.0483 e. The lowest BCUT2D eigenvalue weighted by atomic mass is 10.4. The normalized spacial score (nSPS) is 7.89. The van der Waals surface area contributed by atoms with Gasteiger partial charge in [0.25, 0.3) is 0 Å². The van der Waals surface area contributed by atoms with E-state index in [-0.39, 0.29) is 25.4 Å². The molecule has 0 spiro atoms. The van der Waals surface area contributed by atoms with Crippen LogP contribution in [-0.2, 0) is 0 Å². The van der Waals surface area contributed by atoms with Crippen LogP contribution in [-0.4, -0.2) is 57.6 Å². The quantitative estimate of drug-likeness (QED) is 0.530. The maximum Gasteiger partial charge on any atom is 0.0483 e. The third-order valence-corrected chi connectivity index (χ3v) is 0.512. The summed E-state index contributed by atoms with van der Waals surface area (Å²) in [6.45, 7) is 13.1. The van der Waals surface area contributed by atoms with Gasteiger partial charge in [0.15, 0.2) is 0 Å². The summed E-state index contributed by atoms with van der Waals surface area (Å²) in [5, 5.41) is 39.3. The van der Waals surface area contributed by atoms with Gasteiger partial charge in [-0.1, -0.05) is 13.3 Å². The Balaban J connectivity index is -0.0000000437. The van der Waals surface area contributed by atoms with Crippen molar-refractivity contribution in [2.24, 2.45) is 0 Å². The monoisotopic (exact) mass is 286 g/mol. The molecule has 0 heterocycles. The zero-order chi connectivity index (χ0) is 16.7. The van der Waals surface area contributed by atoms with Crippen molar-refractivity contribution in [3.8, 4) is 0 Å². The van der Waals surface area contributed by atoms with Crippen LogP contribution in [0.3, 0.4) is 0 Å². The molecule has 0 aliphatic heterocycles. The number of aliphatic hydroxyl groups excluding tert-OH is 5. The van der Waals surface area contributed by atoms with E-state index in [0.717, 1.165) is 12.8 Å². The Labute approximate surface area is 119 Å². The molecule has 0 aromatic rings. The van der Waals surface area contributed by atoms with Crippen LogP contribution < -0.4 is 0 Å². The highest BCUT2D eigenvalue weighted by molar-refractivity contribution is 4.23. The van der Waals surface area contributed by atoms with Gasteiger partial charge in [-0.2, -0.15) is 0 Å². The summed E-state index contributed by atoms with van der Waals surface area (Å²) >= 11 is 0. The largest absolute Gasteiger partial charge is 0.397 e. The molecule has 5 heteroatoms. The third-order valence-electron chi connectivity index (χ3n) is 0.512. The summed E-state index contributed by atoms with van der Waals surface area (Å²) < 4.78 is 0. The van der Waals surface area contributed by atoms with Gasteiger partial charge in [-0.15, -0.1) is 0 Å². The molecule has 0 saturated heterocycles. The van der Waals surface area contributed by atoms with Crippen LogP contribution in [0.1, 0.15) is 61.3 Å². The van der Waals surface area contributed by atoms with Gasteiger partial charge < -0.3 is 25.5 Å². The SMILES string of the molecule is CC(C)O.CC(C)O.CCCCO.CCO.CCO. The maximum absolute atomic E-state index is 8.07. The first-order chi connectivity index (χ1) is 8.71. The van der Waals surface area contributed by atoms with Crippen LogP contribution in [0.5, 0.6) is 0 Å². The van der Waals surface area contributed by atoms with E-state index in [9.17, 15) is 0 Å². The molecule has 0 bridgehead atoms. The second-order valence-electron chi connectivity index (χ2n) is 3.90. The van der Waals surface area contributed by atoms with E-state index >= 15 is 0 Å². The zero-order valence-corrected chi connectivity index (χ0v) is 13.9. The Hall–Kier alpha value is -0.200. The van der Waals surface area contributed by atoms with Gasteiger partial charge in [-0.3, -0.25) is 0 Å². The Morgan fingerprint density at radius 1 is 0.684 bits per heavy atom. The first kappa shape index (κ1) is 31.3. The van der Waals surface area contributed by atoms with Crippen molar-refractivity contribution in [3.05, 3.63) is 0 Å². The maximum atomic E-state index is 8.07. The van der Waals surface area contributed by atoms with Crippen molar-refractivity contribution in [1.29, 1.82) is 0 Å². The first-order valence-electron chi connectivity index (χ1n) is 6.90. The molecule has 0 rings (SSSR count). The predicted molar refractivity (Wildman–Crippen MR) is 82.2 cm³/mol. The molecule has 0 aliphatic carbocycles. The molecule has 5 N–H and O–H groups in total. The molecule has 0 aromatic heterocycles. The van der Waals surface area contributed by atoms with Gasteiger partial charge in [0.2, 0.25) is 0 Å². The Morgan fingerprint density at radius 3 is 0.842 bits per heavy atom. The van der Waals surface area contributed by atoms with Gasteiger partial charge in [-0.25, -0.2) is 0 Å². The Morgan fingerprint density at radius 2 is 0.842 bits per heavy atom. The summed E-state index contributed by atoms with van der Waals surface area (Å²) in [4.78, 5) is 0. The predicted octanol–water partition coefficient (Wildman–Crippen LogP) is 1.55. The second-order valence-corrected chi connectivity index (χ2v) is 3.90. The Kier molecular flexibility index (Phi) is 70.9. The Bertz CT molecular complexity index is 72.4. The number of hydrogen-bond acceptors (Lipinski definition) is 5. The van der Waals surface area contributed by atoms with Crippen LogP contribution in [0, 0.1) is 0 Å². The molecule has 5 nitrogen and oxygen atoms in total. The molecule has 124 valence electrons. The van der Waals surface area contributed by atoms with Crippen molar-refractivity contribution in [3.63, 3.8) is 0 Å². The molecule has 0 unspecified atom stereocenters. The lowest BCUT2D eigenvalue weighted by molar-refractivity contribution is 0.215. The van der Waals surface area contributed by atoms with E-state index in [1.807, 2.05) is 0 Å². The van der Waals surface area contributed by atoms with E-state index in [1.54, 1.807) is 41.5 Å². The van der Waals surface area contributed by atoms with Gasteiger partial charge in [0.05, 0.1) is 0 Å². The van der Waals surface area contributed by atoms with Gasteiger partial charge in [-0.05, 0) is 48.0 Å². The molecule has 0 aliphatic rings. The van der Waals surface area contributed by atoms with E-state index in [2.05, 4.69) is 6.92 Å². The molecule has 0 amide bonds. The molecule has 19 heavy (non-hydrogen) atoms. The lowest BCUT2D eigenvalue weighted by Crippen LogP contribution is -1.85. The summed E-state index contributed by atoms with van der Waals surface area (Å²) in [6, 6.07) is 0. The van der Waals surface area contributed by atoms with Crippen LogP contribution in [0.15, 0.2) is 0 Å². The van der Waals surface area contributed by atoms with Crippen molar-refractivity contribution < 1.29 is 25.5 Å². The van der Waals surface area contributed by atoms with Gasteiger partial charge >= 0.3 is 0 Å². The topological polar surface area (TPSA) is 101 Å². The minimum Gasteiger partial charge on any atom is -0.397 e. The fraction of sp³-hybridized carbons (Fsp3) is 1.00. The van der Waals surface area contributed by atoms with E-state index in [0.29, 0.717) is 6.61 Å². The number of hydrogen-bond donors (Lipinski definition) is 5. The third kappa shape index (κ3) is 1370. The van der Waals surface area contributed by atoms with Gasteiger partial charge in [0, 0.05) is 32.0 Å². The molecule has 0 aromatic carbocycles. The highest BCUT2D eigenvalue weighted by Crippen LogP contribution is 1.78. The zero-order valence-electron chi connectivity index (χ0n) is 13.9. The minimum atomic E-state index is -0.167. The van der Waals surface area contributed by atoms with Crippen molar-refractivity contribution >= 4 is 0 Å². The number of rotatable bonds is 2. The lowest BCUT2D eigenvalue weighted by Gasteiger charge is -1.80. The highest BCUT2D eigenvalue weighted by Gasteiger charge is 1.70. The standard InChI is InChI=1S/C4H10O.2C3H8O.2C2H6O/c1-2-3-4-5;2*1-3(2)4;2*1-2-3/h5H,2-4H2,1H3;2*3-4H,1-2H3;2*3H,2H2,1H3. The summed E-state index contributed by atoms with van der Waals surface area (Å²) in [7, 11) is 0. The van der Waals surface area contributed by atoms with Crippen molar-refractivity contribution in [2.45, 2.75) is 73.5 Å². The first-order valence-corrected chi connectivity index (χ1v) is 6.90. The molecular formula is C14H38O5. The van der Waals surface area contributed by atoms with E-state index in [1.165, 1.54) is 0 Å². The van der Waals surface area contributed by atoms with E-state index in [4.69, 9.17) is 25.5 Å². The molecule has 0 radical (unpaired) electrons. The van der Waals surface area contributed by atoms with Crippen LogP contribution in [0.2, 0.25) is 0 Å². The van der Waals surface area contributed by atoms with Crippen molar-refractivity contribution in [1.82, 2.24) is 0 Å².